The second-order valence-corrected chi connectivity index (χ2v) is 6.07. The molecule has 0 saturated carbocycles. The number of ether oxygens (including phenoxy) is 1. The number of carbonyl (C=O) groups excluding carboxylic acids is 2. The van der Waals surface area contributed by atoms with Gasteiger partial charge < -0.3 is 15.4 Å². The average Bonchev–Trinajstić information content (AvgIpc) is 3.21. The Morgan fingerprint density at radius 3 is 2.69 bits per heavy atom. The van der Waals surface area contributed by atoms with Crippen molar-refractivity contribution in [3.63, 3.8) is 0 Å². The monoisotopic (exact) mass is 388 g/mol. The molecule has 0 unspecified atom stereocenters. The van der Waals surface area contributed by atoms with Gasteiger partial charge in [-0.1, -0.05) is 48.2 Å². The molecule has 0 aliphatic carbocycles. The molecule has 0 atom stereocenters. The van der Waals surface area contributed by atoms with Crippen LogP contribution in [-0.4, -0.2) is 35.2 Å². The van der Waals surface area contributed by atoms with Gasteiger partial charge in [0, 0.05) is 24.2 Å². The lowest BCUT2D eigenvalue weighted by atomic mass is 10.1. The number of rotatable bonds is 6. The van der Waals surface area contributed by atoms with Crippen LogP contribution in [0.15, 0.2) is 60.7 Å². The van der Waals surface area contributed by atoms with E-state index in [1.54, 1.807) is 30.3 Å². The summed E-state index contributed by atoms with van der Waals surface area (Å²) in [6, 6.07) is 18.3. The highest BCUT2D eigenvalue weighted by Gasteiger charge is 2.09. The number of amides is 2. The molecule has 0 aliphatic rings. The Hall–Kier alpha value is -4.05. The molecule has 3 rings (SSSR count). The quantitative estimate of drug-likeness (QED) is 0.566. The molecule has 0 spiro atoms. The van der Waals surface area contributed by atoms with Gasteiger partial charge in [-0.3, -0.25) is 14.7 Å². The van der Waals surface area contributed by atoms with E-state index < -0.39 is 0 Å². The van der Waals surface area contributed by atoms with Crippen LogP contribution in [0.2, 0.25) is 0 Å². The molecule has 2 amide bonds. The summed E-state index contributed by atoms with van der Waals surface area (Å²) in [6.07, 6.45) is 0. The smallest absolute Gasteiger partial charge is 0.270 e. The zero-order chi connectivity index (χ0) is 20.5. The molecule has 0 aliphatic heterocycles. The molecule has 7 nitrogen and oxygen atoms in total. The van der Waals surface area contributed by atoms with Gasteiger partial charge in [-0.2, -0.15) is 5.10 Å². The SMILES string of the molecule is CC(=O)Nc1cccc(OCC#CCNC(=O)c2cc(-c3ccccc3)n[nH]2)c1. The van der Waals surface area contributed by atoms with Gasteiger partial charge in [-0.15, -0.1) is 0 Å². The third-order valence-electron chi connectivity index (χ3n) is 3.82. The van der Waals surface area contributed by atoms with Gasteiger partial charge in [0.25, 0.3) is 5.91 Å². The Labute approximate surface area is 168 Å². The lowest BCUT2D eigenvalue weighted by molar-refractivity contribution is -0.114. The van der Waals surface area contributed by atoms with E-state index >= 15 is 0 Å². The predicted octanol–water partition coefficient (Wildman–Crippen LogP) is 2.85. The Bertz CT molecular complexity index is 1050. The highest BCUT2D eigenvalue weighted by Crippen LogP contribution is 2.17. The number of nitrogens with one attached hydrogen (secondary N) is 3. The van der Waals surface area contributed by atoms with E-state index in [2.05, 4.69) is 32.7 Å². The Balaban J connectivity index is 1.44. The first-order valence-corrected chi connectivity index (χ1v) is 8.97. The number of carbonyl (C=O) groups is 2. The first-order chi connectivity index (χ1) is 14.1. The molecule has 0 fully saturated rings. The number of H-pyrrole nitrogens is 1. The third kappa shape index (κ3) is 5.97. The van der Waals surface area contributed by atoms with Crippen molar-refractivity contribution < 1.29 is 14.3 Å². The van der Waals surface area contributed by atoms with Gasteiger partial charge in [-0.05, 0) is 18.2 Å². The first kappa shape index (κ1) is 19.7. The van der Waals surface area contributed by atoms with Gasteiger partial charge >= 0.3 is 0 Å². The summed E-state index contributed by atoms with van der Waals surface area (Å²) in [5.41, 5.74) is 2.67. The number of nitrogens with zero attached hydrogens (tertiary/aromatic N) is 1. The highest BCUT2D eigenvalue weighted by atomic mass is 16.5. The lowest BCUT2D eigenvalue weighted by Crippen LogP contribution is -2.24. The molecule has 0 bridgehead atoms. The van der Waals surface area contributed by atoms with Gasteiger partial charge in [-0.25, -0.2) is 0 Å². The van der Waals surface area contributed by atoms with Crippen molar-refractivity contribution in [3.8, 4) is 28.8 Å². The molecule has 0 saturated heterocycles. The van der Waals surface area contributed by atoms with Crippen LogP contribution in [0.4, 0.5) is 5.69 Å². The molecule has 0 radical (unpaired) electrons. The van der Waals surface area contributed by atoms with Crippen molar-refractivity contribution in [2.75, 3.05) is 18.5 Å². The van der Waals surface area contributed by atoms with Crippen LogP contribution < -0.4 is 15.4 Å². The van der Waals surface area contributed by atoms with E-state index in [9.17, 15) is 9.59 Å². The minimum Gasteiger partial charge on any atom is -0.481 e. The molecular weight excluding hydrogens is 368 g/mol. The van der Waals surface area contributed by atoms with E-state index in [-0.39, 0.29) is 25.0 Å². The van der Waals surface area contributed by atoms with Crippen LogP contribution in [0.25, 0.3) is 11.3 Å². The standard InChI is InChI=1S/C22H20N4O3/c1-16(27)24-18-10-7-11-19(14-18)29-13-6-5-12-23-22(28)21-15-20(25-26-21)17-8-3-2-4-9-17/h2-4,7-11,14-15H,12-13H2,1H3,(H,23,28)(H,24,27)(H,25,26). The summed E-state index contributed by atoms with van der Waals surface area (Å²) < 4.78 is 5.52. The summed E-state index contributed by atoms with van der Waals surface area (Å²) in [5, 5.41) is 12.3. The number of hydrogen-bond donors (Lipinski definition) is 3. The maximum Gasteiger partial charge on any atom is 0.270 e. The molecule has 146 valence electrons. The fourth-order valence-electron chi connectivity index (χ4n) is 2.51. The van der Waals surface area contributed by atoms with Crippen molar-refractivity contribution in [1.29, 1.82) is 0 Å². The number of hydrogen-bond acceptors (Lipinski definition) is 4. The Kier molecular flexibility index (Phi) is 6.63. The van der Waals surface area contributed by atoms with Crippen molar-refractivity contribution in [1.82, 2.24) is 15.5 Å². The second kappa shape index (κ2) is 9.76. The normalized spacial score (nSPS) is 9.83. The highest BCUT2D eigenvalue weighted by molar-refractivity contribution is 5.93. The summed E-state index contributed by atoms with van der Waals surface area (Å²) in [5.74, 6) is 5.83. The molecular formula is C22H20N4O3. The largest absolute Gasteiger partial charge is 0.481 e. The van der Waals surface area contributed by atoms with E-state index in [4.69, 9.17) is 4.74 Å². The van der Waals surface area contributed by atoms with Crippen LogP contribution in [0.3, 0.4) is 0 Å². The fourth-order valence-corrected chi connectivity index (χ4v) is 2.51. The zero-order valence-electron chi connectivity index (χ0n) is 15.9. The molecule has 29 heavy (non-hydrogen) atoms. The van der Waals surface area contributed by atoms with Crippen LogP contribution in [-0.2, 0) is 4.79 Å². The van der Waals surface area contributed by atoms with E-state index in [1.807, 2.05) is 30.3 Å². The summed E-state index contributed by atoms with van der Waals surface area (Å²) in [6.45, 7) is 1.80. The second-order valence-electron chi connectivity index (χ2n) is 6.07. The topological polar surface area (TPSA) is 96.1 Å². The zero-order valence-corrected chi connectivity index (χ0v) is 15.9. The van der Waals surface area contributed by atoms with Crippen molar-refractivity contribution in [3.05, 3.63) is 66.4 Å². The summed E-state index contributed by atoms with van der Waals surface area (Å²) >= 11 is 0. The fraction of sp³-hybridized carbons (Fsp3) is 0.136. The summed E-state index contributed by atoms with van der Waals surface area (Å²) in [4.78, 5) is 23.2. The van der Waals surface area contributed by atoms with Crippen LogP contribution in [0.1, 0.15) is 17.4 Å². The maximum atomic E-state index is 12.2. The molecule has 1 aromatic heterocycles. The van der Waals surface area contributed by atoms with E-state index in [0.29, 0.717) is 22.8 Å². The van der Waals surface area contributed by atoms with Crippen molar-refractivity contribution >= 4 is 17.5 Å². The predicted molar refractivity (Wildman–Crippen MR) is 110 cm³/mol. The van der Waals surface area contributed by atoms with Crippen molar-refractivity contribution in [2.24, 2.45) is 0 Å². The van der Waals surface area contributed by atoms with Crippen LogP contribution in [0, 0.1) is 11.8 Å². The molecule has 3 N–H and O–H groups in total. The first-order valence-electron chi connectivity index (χ1n) is 8.97. The van der Waals surface area contributed by atoms with Gasteiger partial charge in [0.2, 0.25) is 5.91 Å². The number of aromatic amines is 1. The van der Waals surface area contributed by atoms with Crippen LogP contribution in [0.5, 0.6) is 5.75 Å². The van der Waals surface area contributed by atoms with Gasteiger partial charge in [0.05, 0.1) is 12.2 Å². The molecule has 7 heteroatoms. The number of benzene rings is 2. The Morgan fingerprint density at radius 1 is 1.07 bits per heavy atom. The molecule has 3 aromatic rings. The molecule has 1 heterocycles. The maximum absolute atomic E-state index is 12.2. The Morgan fingerprint density at radius 2 is 1.90 bits per heavy atom. The lowest BCUT2D eigenvalue weighted by Gasteiger charge is -2.05. The number of anilines is 1. The van der Waals surface area contributed by atoms with Crippen molar-refractivity contribution in [2.45, 2.75) is 6.92 Å². The minimum absolute atomic E-state index is 0.147. The molecule has 2 aromatic carbocycles. The van der Waals surface area contributed by atoms with Crippen LogP contribution >= 0.6 is 0 Å². The van der Waals surface area contributed by atoms with E-state index in [0.717, 1.165) is 5.56 Å². The number of aromatic nitrogens is 2. The van der Waals surface area contributed by atoms with E-state index in [1.165, 1.54) is 6.92 Å². The van der Waals surface area contributed by atoms with Gasteiger partial charge in [0.1, 0.15) is 18.1 Å². The average molecular weight is 388 g/mol. The summed E-state index contributed by atoms with van der Waals surface area (Å²) in [7, 11) is 0. The minimum atomic E-state index is -0.280. The third-order valence-corrected chi connectivity index (χ3v) is 3.82. The van der Waals surface area contributed by atoms with Gasteiger partial charge in [0.15, 0.2) is 0 Å².